The third kappa shape index (κ3) is 3.35. The van der Waals surface area contributed by atoms with Crippen molar-refractivity contribution in [3.8, 4) is 0 Å². The predicted molar refractivity (Wildman–Crippen MR) is 103 cm³/mol. The fourth-order valence-corrected chi connectivity index (χ4v) is 3.36. The van der Waals surface area contributed by atoms with Gasteiger partial charge in [0.25, 0.3) is 0 Å². The maximum atomic E-state index is 12.4. The Kier molecular flexibility index (Phi) is 5.07. The van der Waals surface area contributed by atoms with E-state index in [4.69, 9.17) is 14.0 Å². The van der Waals surface area contributed by atoms with E-state index in [0.717, 1.165) is 42.9 Å². The monoisotopic (exact) mass is 360 g/mol. The Labute approximate surface area is 156 Å². The summed E-state index contributed by atoms with van der Waals surface area (Å²) in [6.45, 7) is 13.7. The second-order valence-corrected chi connectivity index (χ2v) is 8.02. The molecule has 2 fully saturated rings. The number of hydrogen-bond acceptors (Lipinski definition) is 6. The van der Waals surface area contributed by atoms with Crippen LogP contribution in [0.2, 0.25) is 0 Å². The van der Waals surface area contributed by atoms with Gasteiger partial charge in [-0.05, 0) is 57.8 Å². The predicted octanol–water partition coefficient (Wildman–Crippen LogP) is 1.49. The van der Waals surface area contributed by atoms with E-state index in [1.807, 2.05) is 40.7 Å². The Bertz CT molecular complexity index is 683. The first-order chi connectivity index (χ1) is 12.2. The summed E-state index contributed by atoms with van der Waals surface area (Å²) in [5.41, 5.74) is 2.44. The van der Waals surface area contributed by atoms with E-state index < -0.39 is 18.3 Å². The number of rotatable bonds is 3. The number of piperazine rings is 1. The van der Waals surface area contributed by atoms with Crippen LogP contribution < -0.4 is 15.7 Å². The summed E-state index contributed by atoms with van der Waals surface area (Å²) >= 11 is 0. The van der Waals surface area contributed by atoms with Crippen LogP contribution in [0.3, 0.4) is 0 Å². The summed E-state index contributed by atoms with van der Waals surface area (Å²) < 4.78 is 17.5. The molecular formula is C19H29BN2O4. The standard InChI is InChI=1S/C19H29BN2O4/c1-13-15(17(23)24-6)11-14(22-9-7-21-8-10-22)12-16(13)20-25-18(2,3)19(4,5)26-20/h11-12,21H,7-10H2,1-6H3. The number of nitrogens with one attached hydrogen (secondary N) is 1. The van der Waals surface area contributed by atoms with Crippen LogP contribution in [0.15, 0.2) is 12.1 Å². The molecule has 0 unspecified atom stereocenters. The van der Waals surface area contributed by atoms with Gasteiger partial charge in [-0.2, -0.15) is 0 Å². The average Bonchev–Trinajstić information content (AvgIpc) is 2.82. The zero-order valence-corrected chi connectivity index (χ0v) is 16.6. The molecule has 26 heavy (non-hydrogen) atoms. The zero-order valence-electron chi connectivity index (χ0n) is 16.6. The fraction of sp³-hybridized carbons (Fsp3) is 0.632. The summed E-state index contributed by atoms with van der Waals surface area (Å²) in [5, 5.41) is 3.35. The highest BCUT2D eigenvalue weighted by atomic mass is 16.7. The molecule has 7 heteroatoms. The lowest BCUT2D eigenvalue weighted by atomic mass is 9.74. The molecule has 142 valence electrons. The third-order valence-electron chi connectivity index (χ3n) is 5.83. The van der Waals surface area contributed by atoms with Crippen LogP contribution in [0.4, 0.5) is 5.69 Å². The van der Waals surface area contributed by atoms with Crippen LogP contribution in [0.5, 0.6) is 0 Å². The van der Waals surface area contributed by atoms with Gasteiger partial charge in [0.2, 0.25) is 0 Å². The largest absolute Gasteiger partial charge is 0.495 e. The molecule has 0 saturated carbocycles. The number of methoxy groups -OCH3 is 1. The molecule has 0 amide bonds. The van der Waals surface area contributed by atoms with Gasteiger partial charge in [0.1, 0.15) is 0 Å². The molecule has 2 aliphatic heterocycles. The summed E-state index contributed by atoms with van der Waals surface area (Å²) in [7, 11) is 0.902. The topological polar surface area (TPSA) is 60.0 Å². The second-order valence-electron chi connectivity index (χ2n) is 8.02. The number of carbonyl (C=O) groups excluding carboxylic acids is 1. The third-order valence-corrected chi connectivity index (χ3v) is 5.83. The van der Waals surface area contributed by atoms with E-state index in [9.17, 15) is 4.79 Å². The first-order valence-electron chi connectivity index (χ1n) is 9.20. The van der Waals surface area contributed by atoms with Crippen LogP contribution in [0, 0.1) is 6.92 Å². The van der Waals surface area contributed by atoms with Gasteiger partial charge in [-0.3, -0.25) is 0 Å². The minimum absolute atomic E-state index is 0.336. The number of ether oxygens (including phenoxy) is 1. The summed E-state index contributed by atoms with van der Waals surface area (Å²) in [4.78, 5) is 14.6. The van der Waals surface area contributed by atoms with Gasteiger partial charge in [-0.1, -0.05) is 0 Å². The molecule has 0 atom stereocenters. The Balaban J connectivity index is 2.05. The highest BCUT2D eigenvalue weighted by Crippen LogP contribution is 2.37. The summed E-state index contributed by atoms with van der Waals surface area (Å²) in [6, 6.07) is 4.01. The second kappa shape index (κ2) is 6.87. The van der Waals surface area contributed by atoms with Gasteiger partial charge in [-0.25, -0.2) is 4.79 Å². The molecule has 1 N–H and O–H groups in total. The van der Waals surface area contributed by atoms with Crippen LogP contribution in [0.1, 0.15) is 43.6 Å². The quantitative estimate of drug-likeness (QED) is 0.651. The van der Waals surface area contributed by atoms with Gasteiger partial charge in [0.15, 0.2) is 0 Å². The molecule has 0 spiro atoms. The normalized spacial score (nSPS) is 21.8. The lowest BCUT2D eigenvalue weighted by molar-refractivity contribution is 0.00578. The number of benzene rings is 1. The Hall–Kier alpha value is -1.57. The number of carbonyl (C=O) groups is 1. The summed E-state index contributed by atoms with van der Waals surface area (Å²) in [6.07, 6.45) is 0. The zero-order chi connectivity index (χ0) is 19.1. The van der Waals surface area contributed by atoms with E-state index in [1.54, 1.807) is 0 Å². The first kappa shape index (κ1) is 19.2. The number of esters is 1. The minimum atomic E-state index is -0.508. The molecule has 1 aromatic rings. The number of hydrogen-bond donors (Lipinski definition) is 1. The number of nitrogens with zero attached hydrogens (tertiary/aromatic N) is 1. The minimum Gasteiger partial charge on any atom is -0.465 e. The lowest BCUT2D eigenvalue weighted by Crippen LogP contribution is -2.44. The summed E-state index contributed by atoms with van der Waals surface area (Å²) in [5.74, 6) is -0.336. The highest BCUT2D eigenvalue weighted by Gasteiger charge is 2.52. The van der Waals surface area contributed by atoms with Gasteiger partial charge in [0, 0.05) is 31.9 Å². The molecule has 6 nitrogen and oxygen atoms in total. The van der Waals surface area contributed by atoms with Crippen LogP contribution in [-0.2, 0) is 14.0 Å². The molecule has 0 aliphatic carbocycles. The SMILES string of the molecule is COC(=O)c1cc(N2CCNCC2)cc(B2OC(C)(C)C(C)(C)O2)c1C. The Morgan fingerprint density at radius 1 is 1.15 bits per heavy atom. The maximum absolute atomic E-state index is 12.4. The van der Waals surface area contributed by atoms with Crippen LogP contribution >= 0.6 is 0 Å². The molecule has 2 aliphatic rings. The van der Waals surface area contributed by atoms with E-state index in [0.29, 0.717) is 5.56 Å². The van der Waals surface area contributed by atoms with E-state index in [2.05, 4.69) is 16.3 Å². The average molecular weight is 360 g/mol. The van der Waals surface area contributed by atoms with Crippen molar-refractivity contribution in [3.63, 3.8) is 0 Å². The lowest BCUT2D eigenvalue weighted by Gasteiger charge is -2.32. The van der Waals surface area contributed by atoms with Crippen LogP contribution in [-0.4, -0.2) is 57.6 Å². The fourth-order valence-electron chi connectivity index (χ4n) is 3.36. The maximum Gasteiger partial charge on any atom is 0.495 e. The van der Waals surface area contributed by atoms with Crippen molar-refractivity contribution in [3.05, 3.63) is 23.3 Å². The number of anilines is 1. The Morgan fingerprint density at radius 3 is 2.27 bits per heavy atom. The van der Waals surface area contributed by atoms with Crippen molar-refractivity contribution in [1.82, 2.24) is 5.32 Å². The van der Waals surface area contributed by atoms with Gasteiger partial charge < -0.3 is 24.3 Å². The van der Waals surface area contributed by atoms with Crippen molar-refractivity contribution >= 4 is 24.2 Å². The first-order valence-corrected chi connectivity index (χ1v) is 9.20. The highest BCUT2D eigenvalue weighted by molar-refractivity contribution is 6.63. The Morgan fingerprint density at radius 2 is 1.73 bits per heavy atom. The molecule has 3 rings (SSSR count). The van der Waals surface area contributed by atoms with Crippen molar-refractivity contribution in [2.45, 2.75) is 45.8 Å². The van der Waals surface area contributed by atoms with E-state index in [-0.39, 0.29) is 5.97 Å². The molecule has 1 aromatic carbocycles. The van der Waals surface area contributed by atoms with E-state index in [1.165, 1.54) is 7.11 Å². The van der Waals surface area contributed by atoms with Gasteiger partial charge in [-0.15, -0.1) is 0 Å². The van der Waals surface area contributed by atoms with E-state index >= 15 is 0 Å². The van der Waals surface area contributed by atoms with Gasteiger partial charge >= 0.3 is 13.1 Å². The molecule has 0 radical (unpaired) electrons. The smallest absolute Gasteiger partial charge is 0.465 e. The molecule has 0 bridgehead atoms. The van der Waals surface area contributed by atoms with Crippen molar-refractivity contribution in [1.29, 1.82) is 0 Å². The van der Waals surface area contributed by atoms with Crippen LogP contribution in [0.25, 0.3) is 0 Å². The molecular weight excluding hydrogens is 331 g/mol. The molecule has 2 saturated heterocycles. The molecule has 0 aromatic heterocycles. The molecule has 2 heterocycles. The van der Waals surface area contributed by atoms with Crippen molar-refractivity contribution in [2.75, 3.05) is 38.2 Å². The van der Waals surface area contributed by atoms with Crippen molar-refractivity contribution < 1.29 is 18.8 Å². The van der Waals surface area contributed by atoms with Gasteiger partial charge in [0.05, 0.1) is 23.9 Å². The van der Waals surface area contributed by atoms with Crippen molar-refractivity contribution in [2.24, 2.45) is 0 Å².